The van der Waals surface area contributed by atoms with Gasteiger partial charge in [-0.3, -0.25) is 4.79 Å². The molecule has 0 unspecified atom stereocenters. The van der Waals surface area contributed by atoms with Crippen molar-refractivity contribution in [2.45, 2.75) is 107 Å². The monoisotopic (exact) mass is 596 g/mol. The van der Waals surface area contributed by atoms with E-state index < -0.39 is 0 Å². The van der Waals surface area contributed by atoms with Crippen molar-refractivity contribution >= 4 is 34.4 Å². The number of nitrogens with one attached hydrogen (secondary N) is 1. The molecule has 0 fully saturated rings. The third kappa shape index (κ3) is 4.41. The van der Waals surface area contributed by atoms with Gasteiger partial charge in [-0.25, -0.2) is 15.0 Å². The first-order valence-electron chi connectivity index (χ1n) is 16.2. The number of aliphatic hydroxyl groups excluding tert-OH is 3. The molecular weight excluding hydrogens is 552 g/mol. The standard InChI is InChI=1S/C36H44N4O4/c1-9-17-18(10-2)26-34(42)28-21(13-5)22(14-6)30(39-28)36(44)32-24(16-8)23(15-7)31(40-32)35(43)29-20(12-4)19(11-3)27(38-29)33(41)25(17)37-26/h37,41-43H,9-16H2,1-8H3. The fraction of sp³-hybridized carbons (Fsp3) is 0.444. The molecule has 1 aromatic rings. The number of hydrogen-bond donors (Lipinski definition) is 4. The lowest BCUT2D eigenvalue weighted by atomic mass is 9.91. The molecule has 44 heavy (non-hydrogen) atoms. The molecule has 0 radical (unpaired) electrons. The molecule has 4 aliphatic heterocycles. The number of aromatic amines is 1. The highest BCUT2D eigenvalue weighted by molar-refractivity contribution is 6.73. The third-order valence-corrected chi connectivity index (χ3v) is 9.33. The number of rotatable bonds is 8. The van der Waals surface area contributed by atoms with E-state index in [1.165, 1.54) is 0 Å². The highest BCUT2D eigenvalue weighted by Gasteiger charge is 2.38. The minimum absolute atomic E-state index is 0.0225. The van der Waals surface area contributed by atoms with E-state index >= 15 is 0 Å². The zero-order chi connectivity index (χ0) is 32.0. The molecular formula is C36H44N4O4. The highest BCUT2D eigenvalue weighted by atomic mass is 16.3. The highest BCUT2D eigenvalue weighted by Crippen LogP contribution is 2.43. The van der Waals surface area contributed by atoms with Gasteiger partial charge in [0, 0.05) is 0 Å². The Morgan fingerprint density at radius 3 is 1.11 bits per heavy atom. The first kappa shape index (κ1) is 31.2. The van der Waals surface area contributed by atoms with Gasteiger partial charge in [0.05, 0.1) is 11.4 Å². The number of aliphatic imine (C=N–C) groups is 3. The predicted molar refractivity (Wildman–Crippen MR) is 178 cm³/mol. The lowest BCUT2D eigenvalue weighted by molar-refractivity contribution is -0.107. The molecule has 8 heteroatoms. The van der Waals surface area contributed by atoms with E-state index in [4.69, 9.17) is 15.0 Å². The summed E-state index contributed by atoms with van der Waals surface area (Å²) in [6.07, 6.45) is 4.64. The molecule has 4 N–H and O–H groups in total. The Bertz CT molecular complexity index is 1760. The van der Waals surface area contributed by atoms with Crippen molar-refractivity contribution < 1.29 is 20.1 Å². The van der Waals surface area contributed by atoms with Crippen molar-refractivity contribution in [3.8, 4) is 0 Å². The number of carbonyl (C=O) groups is 1. The van der Waals surface area contributed by atoms with Crippen LogP contribution in [0.1, 0.15) is 116 Å². The molecule has 0 atom stereocenters. The molecule has 0 spiro atoms. The number of nitrogens with zero attached hydrogens (tertiary/aromatic N) is 3. The van der Waals surface area contributed by atoms with Crippen molar-refractivity contribution in [2.24, 2.45) is 15.0 Å². The van der Waals surface area contributed by atoms with E-state index in [1.807, 2.05) is 55.4 Å². The van der Waals surface area contributed by atoms with E-state index in [0.29, 0.717) is 85.6 Å². The van der Waals surface area contributed by atoms with Crippen molar-refractivity contribution in [1.29, 1.82) is 0 Å². The Hall–Kier alpha value is -4.20. The van der Waals surface area contributed by atoms with Crippen molar-refractivity contribution in [3.05, 3.63) is 78.8 Å². The van der Waals surface area contributed by atoms with E-state index in [-0.39, 0.29) is 34.5 Å². The normalized spacial score (nSPS) is 18.9. The number of hydrogen-bond acceptors (Lipinski definition) is 7. The van der Waals surface area contributed by atoms with Gasteiger partial charge in [-0.15, -0.1) is 0 Å². The van der Waals surface area contributed by atoms with Gasteiger partial charge in [-0.1, -0.05) is 55.4 Å². The lowest BCUT2D eigenvalue weighted by Crippen LogP contribution is -2.25. The number of aromatic nitrogens is 1. The number of fused-ring (bicyclic) bond motifs is 5. The molecule has 232 valence electrons. The average Bonchev–Trinajstić information content (AvgIpc) is 3.80. The molecule has 0 aliphatic carbocycles. The fourth-order valence-electron chi connectivity index (χ4n) is 7.27. The van der Waals surface area contributed by atoms with E-state index in [9.17, 15) is 20.1 Å². The summed E-state index contributed by atoms with van der Waals surface area (Å²) in [6.45, 7) is 16.0. The quantitative estimate of drug-likeness (QED) is 0.239. The Labute approximate surface area is 259 Å². The summed E-state index contributed by atoms with van der Waals surface area (Å²) in [5.41, 5.74) is 9.67. The van der Waals surface area contributed by atoms with Gasteiger partial charge in [0.25, 0.3) is 0 Å². The number of Topliss-reactive ketones (excluding diaryl/α,β-unsaturated/α-hetero) is 1. The summed E-state index contributed by atoms with van der Waals surface area (Å²) in [6, 6.07) is 0. The molecule has 0 aromatic carbocycles. The minimum atomic E-state index is -0.308. The van der Waals surface area contributed by atoms with Crippen LogP contribution in [-0.2, 0) is 17.6 Å². The van der Waals surface area contributed by atoms with Gasteiger partial charge in [-0.2, -0.15) is 0 Å². The van der Waals surface area contributed by atoms with Crippen molar-refractivity contribution in [2.75, 3.05) is 0 Å². The average molecular weight is 597 g/mol. The summed E-state index contributed by atoms with van der Waals surface area (Å²) in [7, 11) is 0. The Morgan fingerprint density at radius 1 is 0.455 bits per heavy atom. The molecule has 5 heterocycles. The number of allylic oxidation sites excluding steroid dienone is 6. The largest absolute Gasteiger partial charge is 0.504 e. The smallest absolute Gasteiger partial charge is 0.230 e. The van der Waals surface area contributed by atoms with E-state index in [2.05, 4.69) is 4.98 Å². The second-order valence-electron chi connectivity index (χ2n) is 11.3. The zero-order valence-electron chi connectivity index (χ0n) is 27.2. The fourth-order valence-corrected chi connectivity index (χ4v) is 7.27. The third-order valence-electron chi connectivity index (χ3n) is 9.33. The molecule has 1 aromatic heterocycles. The molecule has 0 amide bonds. The number of aliphatic hydroxyl groups is 3. The van der Waals surface area contributed by atoms with Gasteiger partial charge in [0.15, 0.2) is 17.3 Å². The van der Waals surface area contributed by atoms with Crippen LogP contribution >= 0.6 is 0 Å². The molecule has 4 aliphatic rings. The summed E-state index contributed by atoms with van der Waals surface area (Å²) in [4.78, 5) is 32.2. The van der Waals surface area contributed by atoms with Gasteiger partial charge in [0.2, 0.25) is 5.78 Å². The van der Waals surface area contributed by atoms with Crippen LogP contribution in [0.3, 0.4) is 0 Å². The Morgan fingerprint density at radius 2 is 0.773 bits per heavy atom. The van der Waals surface area contributed by atoms with Crippen LogP contribution in [0.5, 0.6) is 0 Å². The predicted octanol–water partition coefficient (Wildman–Crippen LogP) is 8.66. The summed E-state index contributed by atoms with van der Waals surface area (Å²) < 4.78 is 0. The molecule has 8 nitrogen and oxygen atoms in total. The van der Waals surface area contributed by atoms with E-state index in [0.717, 1.165) is 44.6 Å². The molecule has 8 bridgehead atoms. The van der Waals surface area contributed by atoms with Gasteiger partial charge in [0.1, 0.15) is 34.2 Å². The van der Waals surface area contributed by atoms with Gasteiger partial charge < -0.3 is 20.3 Å². The topological polar surface area (TPSA) is 131 Å². The first-order chi connectivity index (χ1) is 21.2. The number of H-pyrrole nitrogens is 1. The van der Waals surface area contributed by atoms with Crippen LogP contribution in [0.25, 0.3) is 11.5 Å². The second-order valence-corrected chi connectivity index (χ2v) is 11.3. The Kier molecular flexibility index (Phi) is 8.56. The second kappa shape index (κ2) is 12.1. The van der Waals surface area contributed by atoms with E-state index in [1.54, 1.807) is 0 Å². The molecule has 0 saturated heterocycles. The van der Waals surface area contributed by atoms with Crippen LogP contribution in [-0.4, -0.2) is 43.2 Å². The van der Waals surface area contributed by atoms with Crippen LogP contribution in [0, 0.1) is 0 Å². The maximum Gasteiger partial charge on any atom is 0.230 e. The number of ketones is 1. The summed E-state index contributed by atoms with van der Waals surface area (Å²) in [5.74, 6) is -0.456. The maximum absolute atomic E-state index is 14.4. The zero-order valence-corrected chi connectivity index (χ0v) is 27.2. The van der Waals surface area contributed by atoms with Crippen LogP contribution in [0.2, 0.25) is 0 Å². The maximum atomic E-state index is 14.4. The summed E-state index contributed by atoms with van der Waals surface area (Å²) >= 11 is 0. The molecule has 0 saturated carbocycles. The van der Waals surface area contributed by atoms with Gasteiger partial charge >= 0.3 is 0 Å². The van der Waals surface area contributed by atoms with Crippen LogP contribution in [0.4, 0.5) is 0 Å². The van der Waals surface area contributed by atoms with Crippen LogP contribution in [0.15, 0.2) is 71.3 Å². The van der Waals surface area contributed by atoms with Crippen molar-refractivity contribution in [3.63, 3.8) is 0 Å². The van der Waals surface area contributed by atoms with Crippen LogP contribution < -0.4 is 0 Å². The number of carbonyl (C=O) groups excluding carboxylic acids is 1. The summed E-state index contributed by atoms with van der Waals surface area (Å²) in [5, 5.41) is 35.7. The van der Waals surface area contributed by atoms with Gasteiger partial charge in [-0.05, 0) is 95.9 Å². The van der Waals surface area contributed by atoms with Crippen molar-refractivity contribution in [1.82, 2.24) is 4.98 Å². The Balaban J connectivity index is 1.99. The first-order valence-corrected chi connectivity index (χ1v) is 16.2. The SMILES string of the molecule is CCC1=C(CC)C2=C(O)C3=NC(=C(O)c4[nH]c(c(CC)c4CC)C(O)=C4N=C(C(=O)C1=N2)C(CC)=C4CC)C(CC)=C3CC. The minimum Gasteiger partial charge on any atom is -0.504 e. The lowest BCUT2D eigenvalue weighted by Gasteiger charge is -2.10. The molecule has 5 rings (SSSR count).